The van der Waals surface area contributed by atoms with Gasteiger partial charge in [0.1, 0.15) is 5.78 Å². The first-order valence-electron chi connectivity index (χ1n) is 14.8. The van der Waals surface area contributed by atoms with E-state index < -0.39 is 27.6 Å². The maximum absolute atomic E-state index is 13.0. The van der Waals surface area contributed by atoms with E-state index in [0.29, 0.717) is 36.9 Å². The van der Waals surface area contributed by atoms with Crippen LogP contribution in [0.15, 0.2) is 11.6 Å². The fourth-order valence-corrected chi connectivity index (χ4v) is 12.5. The van der Waals surface area contributed by atoms with Crippen molar-refractivity contribution in [3.63, 3.8) is 0 Å². The number of rotatable bonds is 3. The first kappa shape index (κ1) is 29.6. The van der Waals surface area contributed by atoms with Gasteiger partial charge in [0.25, 0.3) is 10.1 Å². The molecule has 0 aliphatic heterocycles. The molecule has 39 heavy (non-hydrogen) atoms. The van der Waals surface area contributed by atoms with Crippen LogP contribution in [0, 0.1) is 50.2 Å². The molecule has 0 bridgehead atoms. The molecule has 1 unspecified atom stereocenters. The summed E-state index contributed by atoms with van der Waals surface area (Å²) < 4.78 is 68.3. The number of carbonyl (C=O) groups is 1. The Morgan fingerprint density at radius 3 is 2.21 bits per heavy atom. The number of ketones is 1. The topological polar surface area (TPSA) is 60.4 Å². The second-order valence-electron chi connectivity index (χ2n) is 16.0. The van der Waals surface area contributed by atoms with Crippen molar-refractivity contribution in [2.45, 2.75) is 119 Å². The molecule has 4 fully saturated rings. The number of hydrogen-bond acceptors (Lipinski definition) is 4. The number of halogens is 3. The lowest BCUT2D eigenvalue weighted by Gasteiger charge is -2.71. The third-order valence-corrected chi connectivity index (χ3v) is 14.6. The summed E-state index contributed by atoms with van der Waals surface area (Å²) in [5.74, 6) is 0.458. The summed E-state index contributed by atoms with van der Waals surface area (Å²) in [5, 5.41) is 0. The number of fused-ring (bicyclic) bond motifs is 7. The lowest BCUT2D eigenvalue weighted by atomic mass is 9.33. The van der Waals surface area contributed by atoms with E-state index in [-0.39, 0.29) is 33.0 Å². The highest BCUT2D eigenvalue weighted by atomic mass is 32.2. The van der Waals surface area contributed by atoms with Crippen LogP contribution in [-0.2, 0) is 19.1 Å². The Labute approximate surface area is 233 Å². The van der Waals surface area contributed by atoms with Crippen LogP contribution < -0.4 is 0 Å². The van der Waals surface area contributed by atoms with Gasteiger partial charge < -0.3 is 0 Å². The molecule has 0 aromatic rings. The summed E-state index contributed by atoms with van der Waals surface area (Å²) in [6.07, 6.45) is 5.12. The van der Waals surface area contributed by atoms with Gasteiger partial charge in [-0.15, -0.1) is 13.2 Å². The first-order valence-corrected chi connectivity index (χ1v) is 16.4. The molecule has 0 aromatic carbocycles. The molecule has 5 rings (SSSR count). The zero-order valence-electron chi connectivity index (χ0n) is 24.8. The van der Waals surface area contributed by atoms with E-state index in [1.54, 1.807) is 0 Å². The minimum atomic E-state index is -5.21. The van der Waals surface area contributed by atoms with Gasteiger partial charge in [0.15, 0.2) is 0 Å². The summed E-state index contributed by atoms with van der Waals surface area (Å²) in [5.41, 5.74) is 0.0576. The Balaban J connectivity index is 1.56. The maximum Gasteiger partial charge on any atom is 0.537 e. The van der Waals surface area contributed by atoms with Crippen molar-refractivity contribution < 1.29 is 30.6 Å². The predicted molar refractivity (Wildman–Crippen MR) is 145 cm³/mol. The van der Waals surface area contributed by atoms with Crippen LogP contribution >= 0.6 is 0 Å². The van der Waals surface area contributed by atoms with E-state index in [2.05, 4.69) is 58.7 Å². The van der Waals surface area contributed by atoms with E-state index in [1.807, 2.05) is 0 Å². The molecule has 5 aliphatic rings. The Kier molecular flexibility index (Phi) is 6.51. The van der Waals surface area contributed by atoms with Gasteiger partial charge in [-0.3, -0.25) is 4.79 Å². The lowest BCUT2D eigenvalue weighted by molar-refractivity contribution is -0.272. The van der Waals surface area contributed by atoms with Crippen LogP contribution in [0.5, 0.6) is 0 Å². The number of hydrogen-bond donors (Lipinski definition) is 0. The van der Waals surface area contributed by atoms with Gasteiger partial charge in [-0.25, -0.2) is 0 Å². The fourth-order valence-electron chi connectivity index (χ4n) is 10.9. The molecule has 0 radical (unpaired) electrons. The average Bonchev–Trinajstić information content (AvgIpc) is 2.76. The van der Waals surface area contributed by atoms with Crippen molar-refractivity contribution in [1.29, 1.82) is 0 Å². The Hall–Kier alpha value is -0.890. The monoisotopic (exact) mass is 572 g/mol. The molecule has 0 aromatic heterocycles. The number of allylic oxidation sites excluding steroid dienone is 2. The highest BCUT2D eigenvalue weighted by Gasteiger charge is 2.68. The van der Waals surface area contributed by atoms with Gasteiger partial charge >= 0.3 is 6.36 Å². The fraction of sp³-hybridized carbons (Fsp3) is 0.903. The predicted octanol–water partition coefficient (Wildman–Crippen LogP) is 8.22. The van der Waals surface area contributed by atoms with Crippen molar-refractivity contribution in [1.82, 2.24) is 0 Å². The molecule has 222 valence electrons. The van der Waals surface area contributed by atoms with Gasteiger partial charge in [-0.2, -0.15) is 12.6 Å². The Morgan fingerprint density at radius 1 is 0.923 bits per heavy atom. The largest absolute Gasteiger partial charge is 0.537 e. The zero-order chi connectivity index (χ0) is 29.1. The quantitative estimate of drug-likeness (QED) is 0.253. The third-order valence-electron chi connectivity index (χ3n) is 13.2. The molecule has 4 saturated carbocycles. The van der Waals surface area contributed by atoms with E-state index in [4.69, 9.17) is 0 Å². The highest BCUT2D eigenvalue weighted by molar-refractivity contribution is 7.86. The zero-order valence-corrected chi connectivity index (χ0v) is 25.6. The minimum Gasteiger partial charge on any atom is -0.299 e. The molecular formula is C31H47F3O4S. The van der Waals surface area contributed by atoms with Crippen molar-refractivity contribution in [3.8, 4) is 0 Å². The highest BCUT2D eigenvalue weighted by Crippen LogP contribution is 2.75. The van der Waals surface area contributed by atoms with Gasteiger partial charge in [0.05, 0.1) is 5.75 Å². The Bertz CT molecular complexity index is 1190. The summed E-state index contributed by atoms with van der Waals surface area (Å²) in [6.45, 7) is 15.9. The van der Waals surface area contributed by atoms with Crippen molar-refractivity contribution in [2.75, 3.05) is 5.75 Å². The number of Topliss-reactive ketones (excluding diaryl/α,β-unsaturated/α-hetero) is 1. The molecule has 0 heterocycles. The van der Waals surface area contributed by atoms with Gasteiger partial charge in [0, 0.05) is 11.8 Å². The van der Waals surface area contributed by atoms with Crippen LogP contribution in [0.1, 0.15) is 113 Å². The van der Waals surface area contributed by atoms with Gasteiger partial charge in [-0.05, 0) is 103 Å². The molecular weight excluding hydrogens is 525 g/mol. The third kappa shape index (κ3) is 4.39. The van der Waals surface area contributed by atoms with Gasteiger partial charge in [-0.1, -0.05) is 60.1 Å². The molecule has 4 nitrogen and oxygen atoms in total. The smallest absolute Gasteiger partial charge is 0.299 e. The van der Waals surface area contributed by atoms with Crippen LogP contribution in [0.3, 0.4) is 0 Å². The first-order chi connectivity index (χ1) is 17.6. The molecule has 0 N–H and O–H groups in total. The van der Waals surface area contributed by atoms with Crippen molar-refractivity contribution in [2.24, 2.45) is 50.2 Å². The standard InChI is InChI=1S/C31H47F3O4S/c1-25(2)14-16-30(19-39(36,37)38-31(32,33)34)17-15-28(6)20(21(30)18-25)8-9-23-27(5)12-11-24(35)26(3,4)22(27)10-13-29(23,28)7/h8,21-23H,9-19H2,1-7H3/t21-,22-,23?,27-,28+,29+,30+/m0/s1. The summed E-state index contributed by atoms with van der Waals surface area (Å²) in [4.78, 5) is 13.0. The van der Waals surface area contributed by atoms with Crippen LogP contribution in [0.2, 0.25) is 0 Å². The molecule has 0 saturated heterocycles. The molecule has 0 spiro atoms. The van der Waals surface area contributed by atoms with E-state index in [1.165, 1.54) is 5.57 Å². The molecule has 8 heteroatoms. The second-order valence-corrected chi connectivity index (χ2v) is 17.5. The van der Waals surface area contributed by atoms with Crippen LogP contribution in [0.4, 0.5) is 13.2 Å². The number of alkyl halides is 3. The summed E-state index contributed by atoms with van der Waals surface area (Å²) >= 11 is 0. The van der Waals surface area contributed by atoms with Crippen molar-refractivity contribution >= 4 is 15.9 Å². The molecule has 0 amide bonds. The molecule has 5 aliphatic carbocycles. The second kappa shape index (κ2) is 8.58. The number of carbonyl (C=O) groups excluding carboxylic acids is 1. The van der Waals surface area contributed by atoms with E-state index in [9.17, 15) is 26.4 Å². The lowest BCUT2D eigenvalue weighted by Crippen LogP contribution is -2.64. The summed E-state index contributed by atoms with van der Waals surface area (Å²) in [6, 6.07) is 0. The van der Waals surface area contributed by atoms with Crippen LogP contribution in [0.25, 0.3) is 0 Å². The Morgan fingerprint density at radius 2 is 1.56 bits per heavy atom. The minimum absolute atomic E-state index is 0.0168. The summed E-state index contributed by atoms with van der Waals surface area (Å²) in [7, 11) is -4.78. The van der Waals surface area contributed by atoms with Crippen LogP contribution in [-0.4, -0.2) is 26.3 Å². The average molecular weight is 573 g/mol. The van der Waals surface area contributed by atoms with E-state index >= 15 is 0 Å². The SMILES string of the molecule is CC1(C)CC[C@]2(CS(=O)(=O)OC(F)(F)F)CC[C@]3(C)C(=CCC4[C@@]5(C)CCC(=O)C(C)(C)[C@@H]5CC[C@]43C)[C@@H]2C1. The van der Waals surface area contributed by atoms with Crippen molar-refractivity contribution in [3.05, 3.63) is 11.6 Å². The normalized spacial score (nSPS) is 45.3. The van der Waals surface area contributed by atoms with E-state index in [0.717, 1.165) is 44.9 Å². The van der Waals surface area contributed by atoms with Gasteiger partial charge in [0.2, 0.25) is 0 Å². The molecule has 7 atom stereocenters. The maximum atomic E-state index is 13.0.